The summed E-state index contributed by atoms with van der Waals surface area (Å²) in [6, 6.07) is 3.82. The summed E-state index contributed by atoms with van der Waals surface area (Å²) in [6.07, 6.45) is -5.56. The molecule has 0 fully saturated rings. The van der Waals surface area contributed by atoms with Gasteiger partial charge in [0.1, 0.15) is 0 Å². The highest BCUT2D eigenvalue weighted by molar-refractivity contribution is 5.85. The summed E-state index contributed by atoms with van der Waals surface area (Å²) in [5.74, 6) is -4.81. The van der Waals surface area contributed by atoms with E-state index in [0.29, 0.717) is 5.69 Å². The lowest BCUT2D eigenvalue weighted by Crippen LogP contribution is -2.33. The average molecular weight is 262 g/mol. The molecule has 0 spiro atoms. The number of hydrogen-bond acceptors (Lipinski definition) is 1. The number of anilines is 1. The summed E-state index contributed by atoms with van der Waals surface area (Å²) in [5, 5.41) is 2.62. The van der Waals surface area contributed by atoms with Crippen LogP contribution in [0.4, 0.5) is 27.6 Å². The van der Waals surface area contributed by atoms with Gasteiger partial charge in [0.15, 0.2) is 0 Å². The first-order valence-electron chi connectivity index (χ1n) is 4.02. The van der Waals surface area contributed by atoms with Crippen molar-refractivity contribution in [2.24, 2.45) is 0 Å². The fourth-order valence-corrected chi connectivity index (χ4v) is 1.01. The zero-order chi connectivity index (χ0) is 11.7. The summed E-state index contributed by atoms with van der Waals surface area (Å²) in [6.45, 7) is 0. The Morgan fingerprint density at radius 3 is 1.69 bits per heavy atom. The Kier molecular flexibility index (Phi) is 4.55. The first-order chi connectivity index (χ1) is 6.79. The zero-order valence-corrected chi connectivity index (χ0v) is 8.92. The predicted octanol–water partition coefficient (Wildman–Crippen LogP) is 3.80. The molecule has 0 saturated heterocycles. The topological polar surface area (TPSA) is 12.0 Å². The highest BCUT2D eigenvalue weighted by Gasteiger charge is 2.58. The fourth-order valence-electron chi connectivity index (χ4n) is 1.01. The van der Waals surface area contributed by atoms with Crippen molar-refractivity contribution in [2.45, 2.75) is 12.1 Å². The first kappa shape index (κ1) is 15.0. The maximum Gasteiger partial charge on any atom is 0.458 e. The summed E-state index contributed by atoms with van der Waals surface area (Å²) in [7, 11) is 1.54. The largest absolute Gasteiger partial charge is 0.458 e. The molecule has 1 N–H and O–H groups in total. The molecule has 16 heavy (non-hydrogen) atoms. The lowest BCUT2D eigenvalue weighted by molar-refractivity contribution is -0.289. The van der Waals surface area contributed by atoms with E-state index in [4.69, 9.17) is 0 Å². The van der Waals surface area contributed by atoms with E-state index in [2.05, 4.69) is 5.32 Å². The van der Waals surface area contributed by atoms with Gasteiger partial charge in [-0.1, -0.05) is 12.1 Å². The molecule has 92 valence electrons. The molecule has 0 bridgehead atoms. The van der Waals surface area contributed by atoms with Crippen LogP contribution in [0.2, 0.25) is 0 Å². The van der Waals surface area contributed by atoms with Gasteiger partial charge in [0.2, 0.25) is 0 Å². The van der Waals surface area contributed by atoms with Crippen LogP contribution in [0.15, 0.2) is 24.3 Å². The van der Waals surface area contributed by atoms with Crippen molar-refractivity contribution in [3.8, 4) is 0 Å². The summed E-state index contributed by atoms with van der Waals surface area (Å²) in [4.78, 5) is 0. The molecule has 0 aromatic heterocycles. The second-order valence-electron chi connectivity index (χ2n) is 2.90. The molecule has 0 aliphatic carbocycles. The Morgan fingerprint density at radius 2 is 1.38 bits per heavy atom. The second-order valence-corrected chi connectivity index (χ2v) is 2.90. The molecule has 0 amide bonds. The van der Waals surface area contributed by atoms with E-state index in [0.717, 1.165) is 24.3 Å². The van der Waals surface area contributed by atoms with Gasteiger partial charge in [-0.2, -0.15) is 22.0 Å². The summed E-state index contributed by atoms with van der Waals surface area (Å²) in [5.41, 5.74) is -0.592. The van der Waals surface area contributed by atoms with Gasteiger partial charge in [-0.15, -0.1) is 12.4 Å². The van der Waals surface area contributed by atoms with Crippen molar-refractivity contribution in [1.29, 1.82) is 0 Å². The van der Waals surface area contributed by atoms with Gasteiger partial charge in [0.25, 0.3) is 0 Å². The average Bonchev–Trinajstić information content (AvgIpc) is 2.16. The lowest BCUT2D eigenvalue weighted by atomic mass is 10.1. The van der Waals surface area contributed by atoms with Crippen LogP contribution in [0.25, 0.3) is 0 Å². The molecule has 1 aromatic rings. The van der Waals surface area contributed by atoms with Crippen molar-refractivity contribution < 1.29 is 22.0 Å². The smallest absolute Gasteiger partial charge is 0.388 e. The van der Waals surface area contributed by atoms with Crippen molar-refractivity contribution in [1.82, 2.24) is 0 Å². The minimum atomic E-state index is -5.56. The van der Waals surface area contributed by atoms with E-state index in [1.807, 2.05) is 0 Å². The predicted molar refractivity (Wildman–Crippen MR) is 53.2 cm³/mol. The van der Waals surface area contributed by atoms with Gasteiger partial charge in [-0.25, -0.2) is 0 Å². The Balaban J connectivity index is 0.00000225. The van der Waals surface area contributed by atoms with Crippen LogP contribution in [-0.4, -0.2) is 13.2 Å². The monoisotopic (exact) mass is 261 g/mol. The third kappa shape index (κ3) is 2.75. The Hall–Kier alpha value is -1.04. The van der Waals surface area contributed by atoms with Crippen LogP contribution in [-0.2, 0) is 5.92 Å². The van der Waals surface area contributed by atoms with Gasteiger partial charge in [0.05, 0.1) is 0 Å². The first-order valence-corrected chi connectivity index (χ1v) is 4.02. The van der Waals surface area contributed by atoms with Gasteiger partial charge in [-0.3, -0.25) is 0 Å². The molecule has 1 aromatic carbocycles. The Labute approximate surface area is 95.1 Å². The number of alkyl halides is 5. The van der Waals surface area contributed by atoms with Gasteiger partial charge < -0.3 is 5.32 Å². The molecule has 1 nitrogen and oxygen atoms in total. The van der Waals surface area contributed by atoms with Crippen molar-refractivity contribution in [3.05, 3.63) is 29.8 Å². The Morgan fingerprint density at radius 1 is 0.938 bits per heavy atom. The Bertz CT molecular complexity index is 333. The molecule has 0 radical (unpaired) electrons. The summed E-state index contributed by atoms with van der Waals surface area (Å²) >= 11 is 0. The molecule has 0 aliphatic rings. The third-order valence-electron chi connectivity index (χ3n) is 1.89. The molecular formula is C9H9ClF5N. The van der Waals surface area contributed by atoms with Crippen LogP contribution >= 0.6 is 12.4 Å². The molecular weight excluding hydrogens is 253 g/mol. The standard InChI is InChI=1S/C9H8F5N.ClH/c1-15-7-4-2-6(3-5-7)8(10,11)9(12,13)14;/h2-5,15H,1H3;1H. The van der Waals surface area contributed by atoms with E-state index >= 15 is 0 Å². The highest BCUT2D eigenvalue weighted by atomic mass is 35.5. The number of rotatable bonds is 2. The van der Waals surface area contributed by atoms with E-state index < -0.39 is 17.7 Å². The van der Waals surface area contributed by atoms with Crippen LogP contribution in [0.1, 0.15) is 5.56 Å². The highest BCUT2D eigenvalue weighted by Crippen LogP contribution is 2.43. The lowest BCUT2D eigenvalue weighted by Gasteiger charge is -2.19. The van der Waals surface area contributed by atoms with E-state index in [-0.39, 0.29) is 12.4 Å². The molecule has 1 rings (SSSR count). The van der Waals surface area contributed by atoms with Crippen molar-refractivity contribution in [2.75, 3.05) is 12.4 Å². The van der Waals surface area contributed by atoms with Crippen LogP contribution in [0, 0.1) is 0 Å². The van der Waals surface area contributed by atoms with E-state index in [1.54, 1.807) is 0 Å². The van der Waals surface area contributed by atoms with Crippen LogP contribution in [0.5, 0.6) is 0 Å². The van der Waals surface area contributed by atoms with Gasteiger partial charge in [-0.05, 0) is 12.1 Å². The summed E-state index contributed by atoms with van der Waals surface area (Å²) < 4.78 is 61.3. The second kappa shape index (κ2) is 4.86. The third-order valence-corrected chi connectivity index (χ3v) is 1.89. The zero-order valence-electron chi connectivity index (χ0n) is 8.11. The molecule has 0 heterocycles. The fraction of sp³-hybridized carbons (Fsp3) is 0.333. The number of benzene rings is 1. The molecule has 0 atom stereocenters. The molecule has 0 aliphatic heterocycles. The van der Waals surface area contributed by atoms with Crippen molar-refractivity contribution in [3.63, 3.8) is 0 Å². The quantitative estimate of drug-likeness (QED) is 0.799. The van der Waals surface area contributed by atoms with E-state index in [9.17, 15) is 22.0 Å². The van der Waals surface area contributed by atoms with Gasteiger partial charge >= 0.3 is 12.1 Å². The van der Waals surface area contributed by atoms with Gasteiger partial charge in [0, 0.05) is 18.3 Å². The normalized spacial score (nSPS) is 11.9. The van der Waals surface area contributed by atoms with Crippen LogP contribution in [0.3, 0.4) is 0 Å². The molecule has 0 saturated carbocycles. The minimum absolute atomic E-state index is 0. The minimum Gasteiger partial charge on any atom is -0.388 e. The number of hydrogen-bond donors (Lipinski definition) is 1. The number of halogens is 6. The maximum absolute atomic E-state index is 12.8. The number of nitrogens with one attached hydrogen (secondary N) is 1. The van der Waals surface area contributed by atoms with Crippen LogP contribution < -0.4 is 5.32 Å². The molecule has 0 unspecified atom stereocenters. The molecule has 7 heteroatoms. The van der Waals surface area contributed by atoms with E-state index in [1.165, 1.54) is 7.05 Å². The SMILES string of the molecule is CNc1ccc(C(F)(F)C(F)(F)F)cc1.Cl. The van der Waals surface area contributed by atoms with Crippen molar-refractivity contribution >= 4 is 18.1 Å². The maximum atomic E-state index is 12.8.